The molecule has 0 heterocycles. The molecule has 2 rings (SSSR count). The first-order chi connectivity index (χ1) is 9.18. The lowest BCUT2D eigenvalue weighted by atomic mass is 9.97. The second-order valence-corrected chi connectivity index (χ2v) is 6.25. The van der Waals surface area contributed by atoms with Gasteiger partial charge in [0.15, 0.2) is 0 Å². The predicted octanol–water partition coefficient (Wildman–Crippen LogP) is 5.76. The minimum absolute atomic E-state index is 0.470. The smallest absolute Gasteiger partial charge is 0.0395 e. The highest BCUT2D eigenvalue weighted by Gasteiger charge is 2.08. The van der Waals surface area contributed by atoms with Crippen molar-refractivity contribution in [3.05, 3.63) is 70.8 Å². The number of alkyl halides is 1. The first-order valence-corrected chi connectivity index (χ1v) is 7.84. The first kappa shape index (κ1) is 14.3. The van der Waals surface area contributed by atoms with E-state index in [1.54, 1.807) is 0 Å². The molecule has 1 atom stereocenters. The Balaban J connectivity index is 1.90. The van der Waals surface area contributed by atoms with Crippen LogP contribution >= 0.6 is 15.9 Å². The molecule has 1 unspecified atom stereocenters. The number of hydrogen-bond donors (Lipinski definition) is 0. The van der Waals surface area contributed by atoms with Crippen LogP contribution in [0.15, 0.2) is 48.5 Å². The van der Waals surface area contributed by atoms with Crippen molar-refractivity contribution >= 4 is 15.9 Å². The zero-order valence-electron chi connectivity index (χ0n) is 11.7. The average molecular weight is 317 g/mol. The quantitative estimate of drug-likeness (QED) is 0.615. The van der Waals surface area contributed by atoms with Gasteiger partial charge in [0.2, 0.25) is 0 Å². The standard InChI is InChI=1S/C18H21Br/c1-14-8-6-9-15(2)17(14)12-7-13-18(19)16-10-4-3-5-11-16/h3-6,8-11,18H,7,12-13H2,1-2H3. The largest absolute Gasteiger partial charge is 0.0839 e. The molecular formula is C18H21Br. The third-order valence-corrected chi connectivity index (χ3v) is 4.68. The van der Waals surface area contributed by atoms with Crippen LogP contribution in [0.5, 0.6) is 0 Å². The second kappa shape index (κ2) is 6.91. The van der Waals surface area contributed by atoms with E-state index in [2.05, 4.69) is 78.3 Å². The van der Waals surface area contributed by atoms with E-state index in [-0.39, 0.29) is 0 Å². The van der Waals surface area contributed by atoms with E-state index in [1.165, 1.54) is 41.5 Å². The fourth-order valence-corrected chi connectivity index (χ4v) is 3.16. The van der Waals surface area contributed by atoms with Crippen molar-refractivity contribution in [2.75, 3.05) is 0 Å². The van der Waals surface area contributed by atoms with Gasteiger partial charge in [0.25, 0.3) is 0 Å². The molecule has 0 amide bonds. The van der Waals surface area contributed by atoms with Crippen LogP contribution in [0, 0.1) is 13.8 Å². The molecule has 2 aromatic carbocycles. The third-order valence-electron chi connectivity index (χ3n) is 3.69. The van der Waals surface area contributed by atoms with E-state index < -0.39 is 0 Å². The molecule has 2 aromatic rings. The monoisotopic (exact) mass is 316 g/mol. The first-order valence-electron chi connectivity index (χ1n) is 6.92. The number of aryl methyl sites for hydroxylation is 2. The van der Waals surface area contributed by atoms with E-state index in [1.807, 2.05) is 0 Å². The van der Waals surface area contributed by atoms with Gasteiger partial charge in [-0.3, -0.25) is 0 Å². The van der Waals surface area contributed by atoms with Crippen LogP contribution in [0.1, 0.15) is 39.9 Å². The summed E-state index contributed by atoms with van der Waals surface area (Å²) in [5.74, 6) is 0. The molecule has 0 saturated heterocycles. The van der Waals surface area contributed by atoms with Crippen molar-refractivity contribution in [2.24, 2.45) is 0 Å². The lowest BCUT2D eigenvalue weighted by Crippen LogP contribution is -1.96. The molecule has 0 spiro atoms. The molecule has 0 saturated carbocycles. The van der Waals surface area contributed by atoms with Crippen LogP contribution in [0.2, 0.25) is 0 Å². The molecule has 0 aromatic heterocycles. The van der Waals surface area contributed by atoms with Gasteiger partial charge >= 0.3 is 0 Å². The highest BCUT2D eigenvalue weighted by molar-refractivity contribution is 9.09. The number of halogens is 1. The molecule has 1 heteroatoms. The summed E-state index contributed by atoms with van der Waals surface area (Å²) in [5.41, 5.74) is 5.75. The summed E-state index contributed by atoms with van der Waals surface area (Å²) in [6.45, 7) is 4.43. The Labute approximate surface area is 125 Å². The van der Waals surface area contributed by atoms with Gasteiger partial charge in [-0.05, 0) is 55.4 Å². The summed E-state index contributed by atoms with van der Waals surface area (Å²) in [4.78, 5) is 0.470. The lowest BCUT2D eigenvalue weighted by molar-refractivity contribution is 0.725. The van der Waals surface area contributed by atoms with Gasteiger partial charge in [0, 0.05) is 4.83 Å². The van der Waals surface area contributed by atoms with Gasteiger partial charge in [-0.25, -0.2) is 0 Å². The predicted molar refractivity (Wildman–Crippen MR) is 87.0 cm³/mol. The Morgan fingerprint density at radius 1 is 0.895 bits per heavy atom. The Morgan fingerprint density at radius 3 is 2.16 bits per heavy atom. The molecule has 0 radical (unpaired) electrons. The fraction of sp³-hybridized carbons (Fsp3) is 0.333. The second-order valence-electron chi connectivity index (χ2n) is 5.14. The molecular weight excluding hydrogens is 296 g/mol. The van der Waals surface area contributed by atoms with Crippen molar-refractivity contribution in [1.82, 2.24) is 0 Å². The minimum Gasteiger partial charge on any atom is -0.0839 e. The van der Waals surface area contributed by atoms with E-state index >= 15 is 0 Å². The maximum absolute atomic E-state index is 3.80. The third kappa shape index (κ3) is 3.94. The Kier molecular flexibility index (Phi) is 5.21. The summed E-state index contributed by atoms with van der Waals surface area (Å²) in [5, 5.41) is 0. The topological polar surface area (TPSA) is 0 Å². The van der Waals surface area contributed by atoms with Crippen molar-refractivity contribution in [1.29, 1.82) is 0 Å². The Hall–Kier alpha value is -1.08. The maximum atomic E-state index is 3.80. The van der Waals surface area contributed by atoms with Crippen LogP contribution in [-0.4, -0.2) is 0 Å². The van der Waals surface area contributed by atoms with E-state index in [0.29, 0.717) is 4.83 Å². The average Bonchev–Trinajstić information content (AvgIpc) is 2.43. The molecule has 0 aliphatic heterocycles. The normalized spacial score (nSPS) is 12.4. The maximum Gasteiger partial charge on any atom is 0.0395 e. The SMILES string of the molecule is Cc1cccc(C)c1CCCC(Br)c1ccccc1. The number of rotatable bonds is 5. The van der Waals surface area contributed by atoms with Gasteiger partial charge in [-0.1, -0.05) is 64.5 Å². The Morgan fingerprint density at radius 2 is 1.53 bits per heavy atom. The van der Waals surface area contributed by atoms with Crippen LogP contribution in [0.3, 0.4) is 0 Å². The molecule has 0 nitrogen and oxygen atoms in total. The van der Waals surface area contributed by atoms with E-state index in [4.69, 9.17) is 0 Å². The molecule has 100 valence electrons. The lowest BCUT2D eigenvalue weighted by Gasteiger charge is -2.12. The fourth-order valence-electron chi connectivity index (χ4n) is 2.53. The highest BCUT2D eigenvalue weighted by Crippen LogP contribution is 2.28. The van der Waals surface area contributed by atoms with Crippen LogP contribution in [0.25, 0.3) is 0 Å². The van der Waals surface area contributed by atoms with Crippen LogP contribution < -0.4 is 0 Å². The van der Waals surface area contributed by atoms with Gasteiger partial charge in [0.1, 0.15) is 0 Å². The van der Waals surface area contributed by atoms with E-state index in [9.17, 15) is 0 Å². The summed E-state index contributed by atoms with van der Waals surface area (Å²) >= 11 is 3.80. The van der Waals surface area contributed by atoms with Gasteiger partial charge in [-0.15, -0.1) is 0 Å². The van der Waals surface area contributed by atoms with E-state index in [0.717, 1.165) is 0 Å². The molecule has 0 aliphatic carbocycles. The molecule has 0 N–H and O–H groups in total. The van der Waals surface area contributed by atoms with Crippen molar-refractivity contribution in [3.63, 3.8) is 0 Å². The number of hydrogen-bond acceptors (Lipinski definition) is 0. The van der Waals surface area contributed by atoms with Crippen molar-refractivity contribution < 1.29 is 0 Å². The molecule has 0 aliphatic rings. The summed E-state index contributed by atoms with van der Waals surface area (Å²) in [6.07, 6.45) is 3.57. The molecule has 0 fully saturated rings. The van der Waals surface area contributed by atoms with Gasteiger partial charge < -0.3 is 0 Å². The van der Waals surface area contributed by atoms with Crippen LogP contribution in [-0.2, 0) is 6.42 Å². The highest BCUT2D eigenvalue weighted by atomic mass is 79.9. The van der Waals surface area contributed by atoms with Crippen molar-refractivity contribution in [2.45, 2.75) is 37.9 Å². The zero-order chi connectivity index (χ0) is 13.7. The minimum atomic E-state index is 0.470. The molecule has 0 bridgehead atoms. The Bertz CT molecular complexity index is 496. The van der Waals surface area contributed by atoms with Crippen molar-refractivity contribution in [3.8, 4) is 0 Å². The van der Waals surface area contributed by atoms with Gasteiger partial charge in [-0.2, -0.15) is 0 Å². The summed E-state index contributed by atoms with van der Waals surface area (Å²) < 4.78 is 0. The van der Waals surface area contributed by atoms with Gasteiger partial charge in [0.05, 0.1) is 0 Å². The summed E-state index contributed by atoms with van der Waals surface area (Å²) in [6, 6.07) is 17.2. The number of benzene rings is 2. The van der Waals surface area contributed by atoms with Crippen LogP contribution in [0.4, 0.5) is 0 Å². The summed E-state index contributed by atoms with van der Waals surface area (Å²) in [7, 11) is 0. The molecule has 19 heavy (non-hydrogen) atoms. The zero-order valence-corrected chi connectivity index (χ0v) is 13.3.